The van der Waals surface area contributed by atoms with E-state index >= 15 is 0 Å². The van der Waals surface area contributed by atoms with Gasteiger partial charge in [0.15, 0.2) is 0 Å². The number of hydrogen-bond acceptors (Lipinski definition) is 5. The number of hydrogen-bond donors (Lipinski definition) is 3. The molecular weight excluding hydrogens is 358 g/mol. The Hall–Kier alpha value is -1.09. The van der Waals surface area contributed by atoms with Gasteiger partial charge in [0, 0.05) is 6.04 Å². The summed E-state index contributed by atoms with van der Waals surface area (Å²) in [4.78, 5) is 12.9. The van der Waals surface area contributed by atoms with Crippen molar-refractivity contribution < 1.29 is 13.2 Å². The molecule has 0 heterocycles. The Bertz CT molecular complexity index is 652. The Morgan fingerprint density at radius 1 is 1.32 bits per heavy atom. The summed E-state index contributed by atoms with van der Waals surface area (Å²) in [6, 6.07) is 7.38. The standard InChI is InChI=1S/C17H27N3O3S2/c1-24-11-10-16(17(21)19-15-9-5-6-13(15)12-18)20-25(22,23)14-7-3-2-4-8-14/h2-4,7-8,13,15-16,20H,5-6,9-12,18H2,1H3,(H,19,21). The van der Waals surface area contributed by atoms with Gasteiger partial charge in [0.25, 0.3) is 0 Å². The fraction of sp³-hybridized carbons (Fsp3) is 0.588. The largest absolute Gasteiger partial charge is 0.352 e. The van der Waals surface area contributed by atoms with Gasteiger partial charge >= 0.3 is 0 Å². The molecule has 140 valence electrons. The van der Waals surface area contributed by atoms with Crippen molar-refractivity contribution in [3.63, 3.8) is 0 Å². The molecule has 1 saturated carbocycles. The molecule has 0 aromatic heterocycles. The maximum atomic E-state index is 12.7. The van der Waals surface area contributed by atoms with Crippen molar-refractivity contribution >= 4 is 27.7 Å². The van der Waals surface area contributed by atoms with Gasteiger partial charge in [-0.2, -0.15) is 16.5 Å². The van der Waals surface area contributed by atoms with E-state index in [9.17, 15) is 13.2 Å². The van der Waals surface area contributed by atoms with E-state index in [2.05, 4.69) is 10.0 Å². The molecule has 3 unspecified atom stereocenters. The van der Waals surface area contributed by atoms with Crippen LogP contribution >= 0.6 is 11.8 Å². The minimum absolute atomic E-state index is 0.0375. The van der Waals surface area contributed by atoms with Gasteiger partial charge in [-0.25, -0.2) is 8.42 Å². The molecule has 0 radical (unpaired) electrons. The lowest BCUT2D eigenvalue weighted by Gasteiger charge is -2.24. The molecule has 0 aliphatic heterocycles. The van der Waals surface area contributed by atoms with Gasteiger partial charge in [-0.05, 0) is 55.9 Å². The topological polar surface area (TPSA) is 101 Å². The number of carbonyl (C=O) groups is 1. The minimum atomic E-state index is -3.73. The second kappa shape index (κ2) is 9.56. The molecule has 1 aromatic rings. The van der Waals surface area contributed by atoms with Crippen LogP contribution < -0.4 is 15.8 Å². The first-order chi connectivity index (χ1) is 12.0. The quantitative estimate of drug-likeness (QED) is 0.595. The first kappa shape index (κ1) is 20.2. The molecule has 1 fully saturated rings. The number of thioether (sulfide) groups is 1. The highest BCUT2D eigenvalue weighted by Crippen LogP contribution is 2.24. The summed E-state index contributed by atoms with van der Waals surface area (Å²) in [5.74, 6) is 0.704. The zero-order valence-electron chi connectivity index (χ0n) is 14.5. The van der Waals surface area contributed by atoms with Gasteiger partial charge in [-0.3, -0.25) is 4.79 Å². The third-order valence-corrected chi connectivity index (χ3v) is 6.70. The first-order valence-electron chi connectivity index (χ1n) is 8.54. The highest BCUT2D eigenvalue weighted by molar-refractivity contribution is 7.98. The average molecular weight is 386 g/mol. The molecule has 1 aliphatic carbocycles. The lowest BCUT2D eigenvalue weighted by atomic mass is 10.0. The lowest BCUT2D eigenvalue weighted by molar-refractivity contribution is -0.123. The summed E-state index contributed by atoms with van der Waals surface area (Å²) in [6.45, 7) is 0.538. The monoisotopic (exact) mass is 385 g/mol. The van der Waals surface area contributed by atoms with Crippen molar-refractivity contribution in [2.24, 2.45) is 11.7 Å². The van der Waals surface area contributed by atoms with Crippen LogP contribution in [0.2, 0.25) is 0 Å². The Morgan fingerprint density at radius 3 is 2.68 bits per heavy atom. The molecule has 0 bridgehead atoms. The van der Waals surface area contributed by atoms with E-state index in [4.69, 9.17) is 5.73 Å². The SMILES string of the molecule is CSCCC(NS(=O)(=O)c1ccccc1)C(=O)NC1CCCC1CN. The molecule has 25 heavy (non-hydrogen) atoms. The van der Waals surface area contributed by atoms with E-state index in [0.717, 1.165) is 19.3 Å². The molecule has 8 heteroatoms. The Balaban J connectivity index is 2.08. The van der Waals surface area contributed by atoms with Gasteiger partial charge in [0.05, 0.1) is 4.90 Å². The first-order valence-corrected chi connectivity index (χ1v) is 11.4. The number of sulfonamides is 1. The van der Waals surface area contributed by atoms with Crippen molar-refractivity contribution in [1.82, 2.24) is 10.0 Å². The van der Waals surface area contributed by atoms with E-state index < -0.39 is 16.1 Å². The van der Waals surface area contributed by atoms with Crippen LogP contribution in [0.4, 0.5) is 0 Å². The zero-order valence-corrected chi connectivity index (χ0v) is 16.1. The number of nitrogens with one attached hydrogen (secondary N) is 2. The maximum Gasteiger partial charge on any atom is 0.241 e. The Morgan fingerprint density at radius 2 is 2.04 bits per heavy atom. The Labute approximate surface area is 154 Å². The van der Waals surface area contributed by atoms with E-state index in [1.165, 1.54) is 12.1 Å². The predicted molar refractivity (Wildman–Crippen MR) is 102 cm³/mol. The minimum Gasteiger partial charge on any atom is -0.352 e. The van der Waals surface area contributed by atoms with E-state index in [0.29, 0.717) is 18.7 Å². The van der Waals surface area contributed by atoms with Crippen LogP contribution in [0.3, 0.4) is 0 Å². The number of rotatable bonds is 9. The van der Waals surface area contributed by atoms with Gasteiger partial charge in [-0.15, -0.1) is 0 Å². The third kappa shape index (κ3) is 5.70. The summed E-state index contributed by atoms with van der Waals surface area (Å²) in [5, 5.41) is 3.01. The molecule has 4 N–H and O–H groups in total. The van der Waals surface area contributed by atoms with Crippen LogP contribution in [0.15, 0.2) is 35.2 Å². The normalized spacial score (nSPS) is 21.8. The summed E-state index contributed by atoms with van der Waals surface area (Å²) >= 11 is 1.58. The van der Waals surface area contributed by atoms with Gasteiger partial charge in [0.2, 0.25) is 15.9 Å². The zero-order chi connectivity index (χ0) is 18.3. The molecule has 6 nitrogen and oxygen atoms in total. The third-order valence-electron chi connectivity index (χ3n) is 4.57. The van der Waals surface area contributed by atoms with Crippen molar-refractivity contribution in [3.05, 3.63) is 30.3 Å². The number of carbonyl (C=O) groups excluding carboxylic acids is 1. The van der Waals surface area contributed by atoms with Crippen LogP contribution in [-0.4, -0.2) is 45.0 Å². The Kier molecular flexibility index (Phi) is 7.74. The molecule has 1 aliphatic rings. The second-order valence-corrected chi connectivity index (χ2v) is 9.01. The average Bonchev–Trinajstić information content (AvgIpc) is 3.06. The highest BCUT2D eigenvalue weighted by atomic mass is 32.2. The van der Waals surface area contributed by atoms with Crippen LogP contribution in [0.25, 0.3) is 0 Å². The van der Waals surface area contributed by atoms with E-state index in [1.807, 2.05) is 6.26 Å². The van der Waals surface area contributed by atoms with Gasteiger partial charge in [0.1, 0.15) is 6.04 Å². The molecule has 1 aromatic carbocycles. The van der Waals surface area contributed by atoms with Crippen LogP contribution in [0.5, 0.6) is 0 Å². The fourth-order valence-electron chi connectivity index (χ4n) is 3.13. The van der Waals surface area contributed by atoms with Crippen LogP contribution in [0, 0.1) is 5.92 Å². The number of nitrogens with two attached hydrogens (primary N) is 1. The molecule has 3 atom stereocenters. The summed E-state index contributed by atoms with van der Waals surface area (Å²) in [6.07, 6.45) is 5.32. The smallest absolute Gasteiger partial charge is 0.241 e. The van der Waals surface area contributed by atoms with Gasteiger partial charge < -0.3 is 11.1 Å². The number of benzene rings is 1. The molecule has 1 amide bonds. The lowest BCUT2D eigenvalue weighted by Crippen LogP contribution is -2.51. The summed E-state index contributed by atoms with van der Waals surface area (Å²) < 4.78 is 27.7. The van der Waals surface area contributed by atoms with Crippen molar-refractivity contribution in [3.8, 4) is 0 Å². The van der Waals surface area contributed by atoms with Crippen LogP contribution in [0.1, 0.15) is 25.7 Å². The predicted octanol–water partition coefficient (Wildman–Crippen LogP) is 1.33. The van der Waals surface area contributed by atoms with Crippen LogP contribution in [-0.2, 0) is 14.8 Å². The van der Waals surface area contributed by atoms with Crippen molar-refractivity contribution in [1.29, 1.82) is 0 Å². The maximum absolute atomic E-state index is 12.7. The molecule has 0 spiro atoms. The van der Waals surface area contributed by atoms with Gasteiger partial charge in [-0.1, -0.05) is 24.6 Å². The summed E-state index contributed by atoms with van der Waals surface area (Å²) in [5.41, 5.74) is 5.77. The van der Waals surface area contributed by atoms with Crippen molar-refractivity contribution in [2.75, 3.05) is 18.6 Å². The molecular formula is C17H27N3O3S2. The second-order valence-electron chi connectivity index (χ2n) is 6.31. The molecule has 0 saturated heterocycles. The fourth-order valence-corrected chi connectivity index (χ4v) is 4.85. The van der Waals surface area contributed by atoms with Crippen molar-refractivity contribution in [2.45, 2.75) is 42.7 Å². The van der Waals surface area contributed by atoms with E-state index in [1.54, 1.807) is 30.0 Å². The highest BCUT2D eigenvalue weighted by Gasteiger charge is 2.31. The molecule has 2 rings (SSSR count). The summed E-state index contributed by atoms with van der Waals surface area (Å²) in [7, 11) is -3.73. The number of amides is 1. The van der Waals surface area contributed by atoms with E-state index in [-0.39, 0.29) is 22.8 Å².